The molecule has 0 aliphatic carbocycles. The predicted octanol–water partition coefficient (Wildman–Crippen LogP) is 7.20. The van der Waals surface area contributed by atoms with Gasteiger partial charge in [-0.3, -0.25) is 14.1 Å². The molecular formula is C26H51NaO7S. The number of carbonyl (C=O) groups is 2. The molecule has 0 aromatic rings. The Morgan fingerprint density at radius 3 is 1.09 bits per heavy atom. The molecule has 1 atom stereocenters. The second kappa shape index (κ2) is 26.9. The van der Waals surface area contributed by atoms with Crippen LogP contribution in [-0.2, 0) is 19.7 Å². The van der Waals surface area contributed by atoms with E-state index >= 15 is 0 Å². The van der Waals surface area contributed by atoms with Crippen LogP contribution in [0.5, 0.6) is 0 Å². The van der Waals surface area contributed by atoms with Crippen molar-refractivity contribution >= 4 is 50.0 Å². The van der Waals surface area contributed by atoms with Gasteiger partial charge >= 0.3 is 114 Å². The zero-order valence-electron chi connectivity index (χ0n) is 22.5. The van der Waals surface area contributed by atoms with Crippen molar-refractivity contribution in [2.24, 2.45) is 0 Å². The second-order valence-corrected chi connectivity index (χ2v) is 12.3. The van der Waals surface area contributed by atoms with Crippen LogP contribution in [0, 0.1) is 0 Å². The number of carboxylic acid groups (broad SMARTS) is 2. The number of aliphatic carboxylic acids is 2. The Morgan fingerprint density at radius 1 is 0.629 bits per heavy atom. The molecule has 0 radical (unpaired) electrons. The molecule has 0 spiro atoms. The van der Waals surface area contributed by atoms with E-state index in [-0.39, 0.29) is 0 Å². The number of rotatable bonds is 24. The van der Waals surface area contributed by atoms with E-state index in [1.807, 2.05) is 0 Å². The summed E-state index contributed by atoms with van der Waals surface area (Å²) in [7, 11) is -4.84. The van der Waals surface area contributed by atoms with Crippen molar-refractivity contribution in [3.63, 3.8) is 0 Å². The van der Waals surface area contributed by atoms with Crippen LogP contribution >= 0.6 is 0 Å². The monoisotopic (exact) mass is 530 g/mol. The molecule has 3 N–H and O–H groups in total. The zero-order chi connectivity index (χ0) is 26.8. The fraction of sp³-hybridized carbons (Fsp3) is 0.923. The standard InChI is InChI=1S/C22H45.C4H6O7S.Na/c1-3-5-7-9-11-13-15-17-19-21-22-20-18-16-14-12-10-8-6-4-2;5-3(6)1-2(4(7)8)12(9,10)11;/h1,3-22H2,2H3;2H,1H2,(H,5,6)(H,7,8)(H,9,10,11);. The first kappa shape index (κ1) is 37.0. The van der Waals surface area contributed by atoms with E-state index in [4.69, 9.17) is 14.8 Å². The Kier molecular flexibility index (Phi) is 28.4. The van der Waals surface area contributed by atoms with Gasteiger partial charge in [0.2, 0.25) is 0 Å². The van der Waals surface area contributed by atoms with Gasteiger partial charge in [-0.25, -0.2) is 0 Å². The zero-order valence-corrected chi connectivity index (χ0v) is 25.3. The minimum absolute atomic E-state index is 1.16. The van der Waals surface area contributed by atoms with Gasteiger partial charge in [0.15, 0.2) is 5.25 Å². The normalized spacial score (nSPS) is 12.1. The third-order valence-corrected chi connectivity index (χ3v) is 8.00. The topological polar surface area (TPSA) is 129 Å². The molecule has 0 aromatic carbocycles. The van der Waals surface area contributed by atoms with Crippen LogP contribution in [0.3, 0.4) is 0 Å². The first-order valence-electron chi connectivity index (χ1n) is 14.1. The van der Waals surface area contributed by atoms with Gasteiger partial charge in [0.05, 0.1) is 6.42 Å². The van der Waals surface area contributed by atoms with Gasteiger partial charge in [-0.1, -0.05) is 64.7 Å². The van der Waals surface area contributed by atoms with Crippen LogP contribution in [0.15, 0.2) is 0 Å². The number of hydrogen-bond donors (Lipinski definition) is 3. The second-order valence-electron chi connectivity index (χ2n) is 9.66. The van der Waals surface area contributed by atoms with Crippen molar-refractivity contribution in [3.05, 3.63) is 0 Å². The van der Waals surface area contributed by atoms with Crippen molar-refractivity contribution in [1.29, 1.82) is 0 Å². The molecular weight excluding hydrogens is 479 g/mol. The Hall–Kier alpha value is -0.150. The van der Waals surface area contributed by atoms with Crippen LogP contribution in [-0.4, -0.2) is 68.3 Å². The molecule has 7 nitrogen and oxygen atoms in total. The van der Waals surface area contributed by atoms with Crippen LogP contribution < -0.4 is 0 Å². The van der Waals surface area contributed by atoms with E-state index in [0.717, 1.165) is 0 Å². The number of hydrogen-bond acceptors (Lipinski definition) is 4. The maximum atomic E-state index is 10.2. The summed E-state index contributed by atoms with van der Waals surface area (Å²) in [6.45, 7) is 2.30. The van der Waals surface area contributed by atoms with E-state index in [1.54, 1.807) is 0 Å². The van der Waals surface area contributed by atoms with Gasteiger partial charge in [0, 0.05) is 0 Å². The molecule has 0 aromatic heterocycles. The fourth-order valence-electron chi connectivity index (χ4n) is 3.98. The Balaban J connectivity index is 0. The van der Waals surface area contributed by atoms with E-state index in [2.05, 4.69) is 6.92 Å². The van der Waals surface area contributed by atoms with E-state index in [0.29, 0.717) is 0 Å². The maximum Gasteiger partial charge on any atom is 0.325 e. The van der Waals surface area contributed by atoms with Crippen molar-refractivity contribution in [1.82, 2.24) is 0 Å². The van der Waals surface area contributed by atoms with Gasteiger partial charge in [0.1, 0.15) is 0 Å². The number of carboxylic acids is 2. The third kappa shape index (κ3) is 30.0. The minimum atomic E-state index is -4.84. The molecule has 0 aliphatic rings. The summed E-state index contributed by atoms with van der Waals surface area (Å²) in [4.78, 5) is 20.0. The molecule has 204 valence electrons. The Morgan fingerprint density at radius 2 is 0.914 bits per heavy atom. The van der Waals surface area contributed by atoms with E-state index < -0.39 is 33.7 Å². The molecule has 0 fully saturated rings. The summed E-state index contributed by atoms with van der Waals surface area (Å²) in [6, 6.07) is 0. The Bertz CT molecular complexity index is 577. The molecule has 0 heterocycles. The molecule has 9 heteroatoms. The Labute approximate surface area is 232 Å². The molecule has 0 saturated carbocycles. The van der Waals surface area contributed by atoms with Gasteiger partial charge < -0.3 is 10.2 Å². The first-order chi connectivity index (χ1) is 16.7. The van der Waals surface area contributed by atoms with E-state index in [9.17, 15) is 18.0 Å². The maximum absolute atomic E-state index is 10.2. The minimum Gasteiger partial charge on any atom is -0.481 e. The first-order valence-corrected chi connectivity index (χ1v) is 17.0. The molecule has 0 bridgehead atoms. The molecule has 1 unspecified atom stereocenters. The summed E-state index contributed by atoms with van der Waals surface area (Å²) >= 11 is 1.41. The molecule has 0 saturated heterocycles. The van der Waals surface area contributed by atoms with Crippen molar-refractivity contribution in [3.8, 4) is 0 Å². The molecule has 0 aliphatic heterocycles. The van der Waals surface area contributed by atoms with Crippen LogP contribution in [0.4, 0.5) is 0 Å². The van der Waals surface area contributed by atoms with Crippen molar-refractivity contribution in [2.75, 3.05) is 0 Å². The third-order valence-electron chi connectivity index (χ3n) is 6.20. The SMILES string of the molecule is CCCCCCCCCCCCCCCCCCCCC[CH2][Na].O=C(O)CC(C(=O)O)S(=O)(=O)O. The predicted molar refractivity (Wildman–Crippen MR) is 144 cm³/mol. The average Bonchev–Trinajstić information content (AvgIpc) is 2.78. The molecule has 0 amide bonds. The average molecular weight is 531 g/mol. The van der Waals surface area contributed by atoms with Crippen molar-refractivity contribution in [2.45, 2.75) is 151 Å². The van der Waals surface area contributed by atoms with Crippen molar-refractivity contribution < 1.29 is 32.8 Å². The largest absolute Gasteiger partial charge is 0.481 e. The van der Waals surface area contributed by atoms with Crippen LogP contribution in [0.2, 0.25) is 3.67 Å². The summed E-state index contributed by atoms with van der Waals surface area (Å²) in [5, 5.41) is 13.9. The summed E-state index contributed by atoms with van der Waals surface area (Å²) in [6.07, 6.45) is 28.6. The van der Waals surface area contributed by atoms with E-state index in [1.165, 1.54) is 160 Å². The molecule has 35 heavy (non-hydrogen) atoms. The van der Waals surface area contributed by atoms with Gasteiger partial charge in [-0.15, -0.1) is 0 Å². The number of unbranched alkanes of at least 4 members (excludes halogenated alkanes) is 19. The van der Waals surface area contributed by atoms with Gasteiger partial charge in [-0.2, -0.15) is 8.42 Å². The summed E-state index contributed by atoms with van der Waals surface area (Å²) < 4.78 is 30.2. The molecule has 0 rings (SSSR count). The fourth-order valence-corrected chi connectivity index (χ4v) is 5.09. The smallest absolute Gasteiger partial charge is 0.325 e. The quantitative estimate of drug-likeness (QED) is 0.0683. The van der Waals surface area contributed by atoms with Gasteiger partial charge in [-0.05, 0) is 0 Å². The summed E-state index contributed by atoms with van der Waals surface area (Å²) in [5.74, 6) is -3.50. The summed E-state index contributed by atoms with van der Waals surface area (Å²) in [5.41, 5.74) is 0. The van der Waals surface area contributed by atoms with Crippen LogP contribution in [0.25, 0.3) is 0 Å². The van der Waals surface area contributed by atoms with Crippen LogP contribution in [0.1, 0.15) is 142 Å². The van der Waals surface area contributed by atoms with Gasteiger partial charge in [0.25, 0.3) is 10.1 Å².